The minimum absolute atomic E-state index is 0.245. The summed E-state index contributed by atoms with van der Waals surface area (Å²) in [5.41, 5.74) is 0. The predicted octanol–water partition coefficient (Wildman–Crippen LogP) is 0.551. The predicted molar refractivity (Wildman–Crippen MR) is 51.9 cm³/mol. The molecule has 2 rings (SSSR count). The summed E-state index contributed by atoms with van der Waals surface area (Å²) in [7, 11) is -0.932. The van der Waals surface area contributed by atoms with Crippen LogP contribution in [0, 0.1) is 0 Å². The molecule has 13 heavy (non-hydrogen) atoms. The van der Waals surface area contributed by atoms with E-state index in [2.05, 4.69) is 10.3 Å². The molecule has 3 nitrogen and oxygen atoms in total. The van der Waals surface area contributed by atoms with E-state index in [1.807, 2.05) is 18.2 Å². The fourth-order valence-electron chi connectivity index (χ4n) is 1.45. The molecule has 1 aromatic heterocycles. The first-order valence-corrected chi connectivity index (χ1v) is 5.61. The van der Waals surface area contributed by atoms with Crippen LogP contribution < -0.4 is 5.32 Å². The van der Waals surface area contributed by atoms with E-state index < -0.39 is 10.8 Å². The van der Waals surface area contributed by atoms with Crippen molar-refractivity contribution < 1.29 is 4.21 Å². The molecule has 0 aromatic carbocycles. The Morgan fingerprint density at radius 3 is 3.08 bits per heavy atom. The van der Waals surface area contributed by atoms with Crippen LogP contribution in [0.5, 0.6) is 0 Å². The Hall–Kier alpha value is -0.740. The molecule has 1 unspecified atom stereocenters. The second-order valence-corrected chi connectivity index (χ2v) is 4.76. The zero-order valence-corrected chi connectivity index (χ0v) is 8.09. The summed E-state index contributed by atoms with van der Waals surface area (Å²) in [6, 6.07) is 5.55. The minimum Gasteiger partial charge on any atom is -0.315 e. The maximum atomic E-state index is 11.9. The van der Waals surface area contributed by atoms with Gasteiger partial charge in [0.05, 0.1) is 16.0 Å². The molecule has 1 N–H and O–H groups in total. The van der Waals surface area contributed by atoms with Crippen LogP contribution >= 0.6 is 0 Å². The third-order valence-corrected chi connectivity index (χ3v) is 3.82. The smallest absolute Gasteiger partial charge is 0.127 e. The van der Waals surface area contributed by atoms with Gasteiger partial charge in [0.15, 0.2) is 0 Å². The van der Waals surface area contributed by atoms with Gasteiger partial charge in [-0.2, -0.15) is 0 Å². The number of pyridine rings is 1. The second-order valence-electron chi connectivity index (χ2n) is 3.08. The van der Waals surface area contributed by atoms with Gasteiger partial charge in [0.2, 0.25) is 0 Å². The first-order valence-electron chi connectivity index (χ1n) is 4.40. The van der Waals surface area contributed by atoms with E-state index >= 15 is 0 Å². The van der Waals surface area contributed by atoms with Gasteiger partial charge in [-0.15, -0.1) is 0 Å². The van der Waals surface area contributed by atoms with Crippen molar-refractivity contribution in [1.29, 1.82) is 0 Å². The summed E-state index contributed by atoms with van der Waals surface area (Å²) in [5.74, 6) is 0. The number of nitrogens with one attached hydrogen (secondary N) is 1. The molecule has 2 heterocycles. The monoisotopic (exact) mass is 196 g/mol. The Balaban J connectivity index is 2.13. The van der Waals surface area contributed by atoms with Crippen molar-refractivity contribution in [2.45, 2.75) is 16.7 Å². The zero-order chi connectivity index (χ0) is 9.10. The molecule has 0 aliphatic carbocycles. The number of rotatable bonds is 2. The maximum absolute atomic E-state index is 11.9. The lowest BCUT2D eigenvalue weighted by atomic mass is 10.4. The number of nitrogens with zero attached hydrogens (tertiary/aromatic N) is 1. The first-order chi connectivity index (χ1) is 6.38. The Bertz CT molecular complexity index is 296. The van der Waals surface area contributed by atoms with Crippen LogP contribution in [0.4, 0.5) is 0 Å². The standard InChI is InChI=1S/C9H12N2OS/c12-13(8-4-6-10-7-8)9-3-1-2-5-11-9/h1-3,5,8,10H,4,6-7H2/t8-,13?/m0/s1. The van der Waals surface area contributed by atoms with Gasteiger partial charge >= 0.3 is 0 Å². The van der Waals surface area contributed by atoms with Gasteiger partial charge in [-0.3, -0.25) is 4.21 Å². The molecule has 70 valence electrons. The van der Waals surface area contributed by atoms with Crippen LogP contribution in [-0.4, -0.2) is 27.5 Å². The van der Waals surface area contributed by atoms with E-state index in [1.165, 1.54) is 0 Å². The van der Waals surface area contributed by atoms with Gasteiger partial charge in [0.25, 0.3) is 0 Å². The van der Waals surface area contributed by atoms with Crippen LogP contribution in [0.2, 0.25) is 0 Å². The van der Waals surface area contributed by atoms with Crippen molar-refractivity contribution in [3.05, 3.63) is 24.4 Å². The molecule has 1 aliphatic heterocycles. The molecule has 1 aliphatic rings. The Morgan fingerprint density at radius 1 is 1.54 bits per heavy atom. The lowest BCUT2D eigenvalue weighted by Crippen LogP contribution is -2.19. The van der Waals surface area contributed by atoms with E-state index in [0.29, 0.717) is 5.03 Å². The second kappa shape index (κ2) is 3.98. The zero-order valence-electron chi connectivity index (χ0n) is 7.27. The molecule has 2 atom stereocenters. The molecule has 0 radical (unpaired) electrons. The minimum atomic E-state index is -0.932. The van der Waals surface area contributed by atoms with Crippen molar-refractivity contribution in [2.24, 2.45) is 0 Å². The van der Waals surface area contributed by atoms with Crippen LogP contribution in [-0.2, 0) is 10.8 Å². The van der Waals surface area contributed by atoms with Crippen LogP contribution in [0.15, 0.2) is 29.4 Å². The summed E-state index contributed by atoms with van der Waals surface area (Å²) < 4.78 is 11.9. The van der Waals surface area contributed by atoms with Crippen molar-refractivity contribution in [3.8, 4) is 0 Å². The first kappa shape index (κ1) is 8.84. The van der Waals surface area contributed by atoms with Crippen molar-refractivity contribution in [1.82, 2.24) is 10.3 Å². The topological polar surface area (TPSA) is 42.0 Å². The third-order valence-electron chi connectivity index (χ3n) is 2.16. The van der Waals surface area contributed by atoms with Crippen LogP contribution in [0.3, 0.4) is 0 Å². The molecular formula is C9H12N2OS. The Kier molecular flexibility index (Phi) is 2.71. The van der Waals surface area contributed by atoms with E-state index in [-0.39, 0.29) is 5.25 Å². The largest absolute Gasteiger partial charge is 0.315 e. The van der Waals surface area contributed by atoms with Crippen molar-refractivity contribution >= 4 is 10.8 Å². The fourth-order valence-corrected chi connectivity index (χ4v) is 2.77. The third kappa shape index (κ3) is 1.95. The highest BCUT2D eigenvalue weighted by Gasteiger charge is 2.22. The summed E-state index contributed by atoms with van der Waals surface area (Å²) in [4.78, 5) is 4.10. The molecule has 0 bridgehead atoms. The summed E-state index contributed by atoms with van der Waals surface area (Å²) in [5, 5.41) is 4.15. The van der Waals surface area contributed by atoms with Gasteiger partial charge < -0.3 is 5.32 Å². The lowest BCUT2D eigenvalue weighted by molar-refractivity contribution is 0.669. The molecule has 1 fully saturated rings. The number of hydrogen-bond donors (Lipinski definition) is 1. The normalized spacial score (nSPS) is 24.5. The van der Waals surface area contributed by atoms with Gasteiger partial charge in [-0.25, -0.2) is 4.98 Å². The molecular weight excluding hydrogens is 184 g/mol. The van der Waals surface area contributed by atoms with Crippen molar-refractivity contribution in [3.63, 3.8) is 0 Å². The summed E-state index contributed by atoms with van der Waals surface area (Å²) >= 11 is 0. The van der Waals surface area contributed by atoms with E-state index in [9.17, 15) is 4.21 Å². The molecule has 0 spiro atoms. The van der Waals surface area contributed by atoms with E-state index in [1.54, 1.807) is 6.20 Å². The molecule has 0 amide bonds. The van der Waals surface area contributed by atoms with Crippen molar-refractivity contribution in [2.75, 3.05) is 13.1 Å². The Morgan fingerprint density at radius 2 is 2.46 bits per heavy atom. The average molecular weight is 196 g/mol. The van der Waals surface area contributed by atoms with Gasteiger partial charge in [-0.05, 0) is 25.1 Å². The lowest BCUT2D eigenvalue weighted by Gasteiger charge is -2.06. The molecule has 4 heteroatoms. The van der Waals surface area contributed by atoms with E-state index in [4.69, 9.17) is 0 Å². The summed E-state index contributed by atoms with van der Waals surface area (Å²) in [6.45, 7) is 1.83. The highest BCUT2D eigenvalue weighted by atomic mass is 32.2. The average Bonchev–Trinajstić information content (AvgIpc) is 2.71. The number of hydrogen-bond acceptors (Lipinski definition) is 3. The SMILES string of the molecule is O=S(c1ccccn1)[C@H]1CCNC1. The molecule has 1 saturated heterocycles. The Labute approximate surface area is 80.0 Å². The summed E-state index contributed by atoms with van der Waals surface area (Å²) in [6.07, 6.45) is 2.68. The highest BCUT2D eigenvalue weighted by molar-refractivity contribution is 7.85. The van der Waals surface area contributed by atoms with Gasteiger partial charge in [0.1, 0.15) is 5.03 Å². The molecule has 1 aromatic rings. The van der Waals surface area contributed by atoms with Crippen LogP contribution in [0.25, 0.3) is 0 Å². The van der Waals surface area contributed by atoms with E-state index in [0.717, 1.165) is 19.5 Å². The number of aromatic nitrogens is 1. The quantitative estimate of drug-likeness (QED) is 0.751. The molecule has 0 saturated carbocycles. The van der Waals surface area contributed by atoms with Gasteiger partial charge in [0, 0.05) is 12.7 Å². The maximum Gasteiger partial charge on any atom is 0.127 e. The highest BCUT2D eigenvalue weighted by Crippen LogP contribution is 2.13. The van der Waals surface area contributed by atoms with Crippen LogP contribution in [0.1, 0.15) is 6.42 Å². The fraction of sp³-hybridized carbons (Fsp3) is 0.444. The van der Waals surface area contributed by atoms with Gasteiger partial charge in [-0.1, -0.05) is 6.07 Å².